The average Bonchev–Trinajstić information content (AvgIpc) is 3.15. The number of anilines is 1. The van der Waals surface area contributed by atoms with E-state index in [0.717, 1.165) is 0 Å². The van der Waals surface area contributed by atoms with E-state index in [9.17, 15) is 19.5 Å². The molecule has 2 aliphatic rings. The molecule has 0 aliphatic carbocycles. The lowest BCUT2D eigenvalue weighted by Gasteiger charge is -2.38. The molecule has 2 aliphatic heterocycles. The van der Waals surface area contributed by atoms with Gasteiger partial charge in [-0.2, -0.15) is 4.99 Å². The van der Waals surface area contributed by atoms with E-state index in [2.05, 4.69) is 14.6 Å². The smallest absolute Gasteiger partial charge is 0.435 e. The van der Waals surface area contributed by atoms with Gasteiger partial charge in [0.25, 0.3) is 0 Å². The van der Waals surface area contributed by atoms with E-state index in [0.29, 0.717) is 56.9 Å². The number of piperidine rings is 1. The van der Waals surface area contributed by atoms with Gasteiger partial charge in [-0.05, 0) is 44.0 Å². The van der Waals surface area contributed by atoms with Crippen molar-refractivity contribution in [2.75, 3.05) is 44.8 Å². The number of methoxy groups -OCH3 is 1. The minimum atomic E-state index is -1.05. The molecule has 0 saturated carbocycles. The fraction of sp³-hybridized carbons (Fsp3) is 0.545. The Hall–Kier alpha value is -3.18. The highest BCUT2D eigenvalue weighted by Crippen LogP contribution is 2.28. The van der Waals surface area contributed by atoms with Gasteiger partial charge in [0, 0.05) is 30.9 Å². The highest BCUT2D eigenvalue weighted by Gasteiger charge is 2.38. The predicted octanol–water partition coefficient (Wildman–Crippen LogP) is 1.26. The minimum absolute atomic E-state index is 0.00821. The summed E-state index contributed by atoms with van der Waals surface area (Å²) in [5.74, 6) is -0.374. The van der Waals surface area contributed by atoms with Crippen molar-refractivity contribution in [3.63, 3.8) is 0 Å². The second kappa shape index (κ2) is 10.6. The Labute approximate surface area is 192 Å². The maximum absolute atomic E-state index is 12.4. The molecule has 0 radical (unpaired) electrons. The molecule has 0 aromatic heterocycles. The maximum Gasteiger partial charge on any atom is 0.435 e. The molecular formula is C22H30N4O7. The number of carbonyl (C=O) groups excluding carboxylic acids is 3. The predicted molar refractivity (Wildman–Crippen MR) is 119 cm³/mol. The molecule has 0 bridgehead atoms. The van der Waals surface area contributed by atoms with E-state index >= 15 is 0 Å². The number of hydrogen-bond acceptors (Lipinski definition) is 8. The molecule has 2 fully saturated rings. The van der Waals surface area contributed by atoms with E-state index < -0.39 is 23.8 Å². The summed E-state index contributed by atoms with van der Waals surface area (Å²) in [5, 5.41) is 10.6. The van der Waals surface area contributed by atoms with Crippen molar-refractivity contribution in [3.05, 3.63) is 29.8 Å². The van der Waals surface area contributed by atoms with E-state index in [1.54, 1.807) is 31.2 Å². The van der Waals surface area contributed by atoms with Crippen LogP contribution in [0, 0.1) is 0 Å². The molecule has 1 atom stereocenters. The van der Waals surface area contributed by atoms with Crippen LogP contribution in [0.2, 0.25) is 0 Å². The van der Waals surface area contributed by atoms with Crippen molar-refractivity contribution in [2.45, 2.75) is 37.9 Å². The summed E-state index contributed by atoms with van der Waals surface area (Å²) in [6, 6.07) is 6.73. The van der Waals surface area contributed by atoms with Gasteiger partial charge in [0.1, 0.15) is 11.9 Å². The molecule has 11 heteroatoms. The zero-order valence-corrected chi connectivity index (χ0v) is 18.9. The summed E-state index contributed by atoms with van der Waals surface area (Å²) in [4.78, 5) is 42.6. The molecule has 2 saturated heterocycles. The van der Waals surface area contributed by atoms with Gasteiger partial charge >= 0.3 is 18.2 Å². The van der Waals surface area contributed by atoms with Gasteiger partial charge in [-0.1, -0.05) is 0 Å². The van der Waals surface area contributed by atoms with Crippen molar-refractivity contribution in [3.8, 4) is 0 Å². The Morgan fingerprint density at radius 1 is 1.27 bits per heavy atom. The summed E-state index contributed by atoms with van der Waals surface area (Å²) in [5.41, 5.74) is 5.89. The highest BCUT2D eigenvalue weighted by atomic mass is 16.6. The van der Waals surface area contributed by atoms with Crippen LogP contribution in [0.1, 0.15) is 31.7 Å². The maximum atomic E-state index is 12.4. The number of aliphatic imine (C=N–C) groups is 1. The number of nitrogens with zero attached hydrogens (tertiary/aromatic N) is 3. The third kappa shape index (κ3) is 6.42. The van der Waals surface area contributed by atoms with Crippen LogP contribution in [0.5, 0.6) is 0 Å². The second-order valence-electron chi connectivity index (χ2n) is 8.14. The Balaban J connectivity index is 1.52. The van der Waals surface area contributed by atoms with Crippen LogP contribution >= 0.6 is 0 Å². The number of carbonyl (C=O) groups is 3. The Bertz CT molecular complexity index is 895. The second-order valence-corrected chi connectivity index (χ2v) is 8.14. The molecule has 2 amide bonds. The zero-order valence-electron chi connectivity index (χ0n) is 18.9. The number of benzene rings is 1. The van der Waals surface area contributed by atoms with Crippen LogP contribution in [0.25, 0.3) is 0 Å². The normalized spacial score (nSPS) is 20.9. The fourth-order valence-corrected chi connectivity index (χ4v) is 3.95. The zero-order chi connectivity index (χ0) is 24.0. The van der Waals surface area contributed by atoms with Gasteiger partial charge in [-0.3, -0.25) is 14.6 Å². The van der Waals surface area contributed by atoms with Crippen molar-refractivity contribution < 1.29 is 33.7 Å². The van der Waals surface area contributed by atoms with Crippen LogP contribution < -0.4 is 10.6 Å². The monoisotopic (exact) mass is 462 g/mol. The molecule has 0 spiro atoms. The largest absolute Gasteiger partial charge is 0.466 e. The molecule has 11 nitrogen and oxygen atoms in total. The number of hydrogen-bond donors (Lipinski definition) is 2. The number of rotatable bonds is 7. The Morgan fingerprint density at radius 2 is 1.94 bits per heavy atom. The number of aliphatic hydroxyl groups is 1. The van der Waals surface area contributed by atoms with Crippen molar-refractivity contribution in [1.82, 2.24) is 4.90 Å². The summed E-state index contributed by atoms with van der Waals surface area (Å²) in [6.07, 6.45) is -0.664. The van der Waals surface area contributed by atoms with E-state index in [1.807, 2.05) is 0 Å². The van der Waals surface area contributed by atoms with Gasteiger partial charge < -0.3 is 25.1 Å². The number of nitrogens with two attached hydrogens (primary N) is 1. The first-order valence-electron chi connectivity index (χ1n) is 10.8. The number of amides is 2. The van der Waals surface area contributed by atoms with Crippen LogP contribution in [-0.4, -0.2) is 85.6 Å². The average molecular weight is 463 g/mol. The van der Waals surface area contributed by atoms with Crippen molar-refractivity contribution in [1.29, 1.82) is 0 Å². The van der Waals surface area contributed by atoms with Crippen LogP contribution in [-0.2, 0) is 19.0 Å². The molecule has 3 N–H and O–H groups in total. The van der Waals surface area contributed by atoms with E-state index in [4.69, 9.17) is 15.2 Å². The van der Waals surface area contributed by atoms with E-state index in [1.165, 1.54) is 12.0 Å². The van der Waals surface area contributed by atoms with Gasteiger partial charge in [-0.15, -0.1) is 0 Å². The SMILES string of the molecule is CCOC(=O)CC1(O)CCN(CC2CN(c3ccc(/C(N)=N\C(=O)OC)cc3)C(=O)O2)CC1. The molecule has 2 heterocycles. The van der Waals surface area contributed by atoms with Crippen molar-refractivity contribution in [2.24, 2.45) is 10.7 Å². The topological polar surface area (TPSA) is 144 Å². The first-order valence-corrected chi connectivity index (χ1v) is 10.8. The van der Waals surface area contributed by atoms with Crippen molar-refractivity contribution >= 4 is 29.7 Å². The molecular weight excluding hydrogens is 432 g/mol. The molecule has 1 aromatic rings. The third-order valence-electron chi connectivity index (χ3n) is 5.76. The number of cyclic esters (lactones) is 1. The van der Waals surface area contributed by atoms with Crippen LogP contribution in [0.4, 0.5) is 15.3 Å². The van der Waals surface area contributed by atoms with Gasteiger partial charge in [0.15, 0.2) is 0 Å². The van der Waals surface area contributed by atoms with Gasteiger partial charge in [0.2, 0.25) is 0 Å². The van der Waals surface area contributed by atoms with Gasteiger partial charge in [0.05, 0.1) is 32.3 Å². The molecule has 3 rings (SSSR count). The lowest BCUT2D eigenvalue weighted by Crippen LogP contribution is -2.48. The van der Waals surface area contributed by atoms with Crippen LogP contribution in [0.3, 0.4) is 0 Å². The minimum Gasteiger partial charge on any atom is -0.466 e. The van der Waals surface area contributed by atoms with E-state index in [-0.39, 0.29) is 18.4 Å². The van der Waals surface area contributed by atoms with Gasteiger partial charge in [-0.25, -0.2) is 9.59 Å². The number of likely N-dealkylation sites (tertiary alicyclic amines) is 1. The summed E-state index contributed by atoms with van der Waals surface area (Å²) in [6.45, 7) is 4.14. The summed E-state index contributed by atoms with van der Waals surface area (Å²) >= 11 is 0. The third-order valence-corrected chi connectivity index (χ3v) is 5.76. The number of amidine groups is 1. The standard InChI is InChI=1S/C22H30N4O7/c1-3-32-18(27)12-22(30)8-10-25(11-9-22)13-17-14-26(21(29)33-17)16-6-4-15(5-7-16)19(23)24-20(28)31-2/h4-7,17,30H,3,8-14H2,1-2H3,(H2,23,24,28). The lowest BCUT2D eigenvalue weighted by molar-refractivity contribution is -0.150. The van der Waals surface area contributed by atoms with Crippen LogP contribution in [0.15, 0.2) is 29.3 Å². The molecule has 33 heavy (non-hydrogen) atoms. The molecule has 1 aromatic carbocycles. The Morgan fingerprint density at radius 3 is 2.55 bits per heavy atom. The fourth-order valence-electron chi connectivity index (χ4n) is 3.95. The molecule has 180 valence electrons. The summed E-state index contributed by atoms with van der Waals surface area (Å²) in [7, 11) is 1.21. The highest BCUT2D eigenvalue weighted by molar-refractivity contribution is 6.03. The quantitative estimate of drug-likeness (QED) is 0.265. The molecule has 1 unspecified atom stereocenters. The number of esters is 1. The first kappa shape index (κ1) is 24.5. The first-order chi connectivity index (χ1) is 15.7. The number of ether oxygens (including phenoxy) is 3. The Kier molecular flexibility index (Phi) is 7.88. The lowest BCUT2D eigenvalue weighted by atomic mass is 9.88. The summed E-state index contributed by atoms with van der Waals surface area (Å²) < 4.78 is 14.9.